The predicted molar refractivity (Wildman–Crippen MR) is 71.5 cm³/mol. The average molecular weight is 274 g/mol. The summed E-state index contributed by atoms with van der Waals surface area (Å²) in [6.07, 6.45) is 6.22. The van der Waals surface area contributed by atoms with Crippen molar-refractivity contribution >= 4 is 11.9 Å². The van der Waals surface area contributed by atoms with Crippen LogP contribution in [0.15, 0.2) is 24.5 Å². The lowest BCUT2D eigenvalue weighted by Crippen LogP contribution is -2.41. The lowest BCUT2D eigenvalue weighted by atomic mass is 9.78. The molecule has 4 atom stereocenters. The van der Waals surface area contributed by atoms with E-state index >= 15 is 0 Å². The molecule has 0 aliphatic heterocycles. The van der Waals surface area contributed by atoms with Crippen LogP contribution in [0, 0.1) is 23.7 Å². The van der Waals surface area contributed by atoms with Crippen LogP contribution < -0.4 is 5.32 Å². The third-order valence-electron chi connectivity index (χ3n) is 4.69. The number of hydrogen-bond donors (Lipinski definition) is 2. The number of nitrogens with zero attached hydrogens (tertiary/aromatic N) is 1. The number of carboxylic acid groups (broad SMARTS) is 1. The van der Waals surface area contributed by atoms with E-state index in [2.05, 4.69) is 10.3 Å². The Kier molecular flexibility index (Phi) is 3.42. The number of aliphatic carboxylic acids is 1. The zero-order valence-corrected chi connectivity index (χ0v) is 11.2. The van der Waals surface area contributed by atoms with E-state index in [1.54, 1.807) is 12.4 Å². The topological polar surface area (TPSA) is 79.3 Å². The van der Waals surface area contributed by atoms with E-state index in [4.69, 9.17) is 0 Å². The first-order valence-corrected chi connectivity index (χ1v) is 7.06. The second-order valence-corrected chi connectivity index (χ2v) is 5.80. The predicted octanol–water partition coefficient (Wildman–Crippen LogP) is 1.44. The maximum Gasteiger partial charge on any atom is 0.307 e. The number of carboxylic acids is 1. The van der Waals surface area contributed by atoms with E-state index in [0.29, 0.717) is 6.54 Å². The Hall–Kier alpha value is -1.91. The van der Waals surface area contributed by atoms with E-state index in [0.717, 1.165) is 24.8 Å². The second kappa shape index (κ2) is 5.23. The third-order valence-corrected chi connectivity index (χ3v) is 4.69. The van der Waals surface area contributed by atoms with Crippen molar-refractivity contribution in [3.63, 3.8) is 0 Å². The zero-order valence-electron chi connectivity index (χ0n) is 11.2. The molecule has 1 heterocycles. The molecule has 2 fully saturated rings. The summed E-state index contributed by atoms with van der Waals surface area (Å²) >= 11 is 0. The molecular weight excluding hydrogens is 256 g/mol. The smallest absolute Gasteiger partial charge is 0.307 e. The zero-order chi connectivity index (χ0) is 14.1. The Labute approximate surface area is 117 Å². The van der Waals surface area contributed by atoms with E-state index in [-0.39, 0.29) is 23.7 Å². The van der Waals surface area contributed by atoms with Crippen molar-refractivity contribution in [1.29, 1.82) is 0 Å². The van der Waals surface area contributed by atoms with Gasteiger partial charge < -0.3 is 10.4 Å². The van der Waals surface area contributed by atoms with Crippen LogP contribution in [-0.4, -0.2) is 22.0 Å². The molecule has 0 spiro atoms. The number of pyridine rings is 1. The lowest BCUT2D eigenvalue weighted by molar-refractivity contribution is -0.149. The second-order valence-electron chi connectivity index (χ2n) is 5.80. The van der Waals surface area contributed by atoms with Gasteiger partial charge in [0, 0.05) is 18.9 Å². The van der Waals surface area contributed by atoms with Gasteiger partial charge in [-0.15, -0.1) is 0 Å². The molecule has 2 N–H and O–H groups in total. The number of carbonyl (C=O) groups is 2. The molecule has 0 aromatic carbocycles. The van der Waals surface area contributed by atoms with Gasteiger partial charge in [-0.2, -0.15) is 0 Å². The van der Waals surface area contributed by atoms with Gasteiger partial charge in [0.05, 0.1) is 11.8 Å². The normalized spacial score (nSPS) is 31.2. The highest BCUT2D eigenvalue weighted by molar-refractivity contribution is 5.86. The molecule has 5 nitrogen and oxygen atoms in total. The summed E-state index contributed by atoms with van der Waals surface area (Å²) in [5.74, 6) is -1.36. The minimum atomic E-state index is -0.821. The fourth-order valence-electron chi connectivity index (χ4n) is 3.83. The standard InChI is InChI=1S/C15H18N2O3/c18-14(17-8-9-2-1-5-16-7-9)12-10-3-4-11(6-10)13(12)15(19)20/h1-2,5,7,10-13H,3-4,6,8H2,(H,17,18)(H,19,20)/t10-,11+,12-,13+/m1/s1. The van der Waals surface area contributed by atoms with Crippen LogP contribution in [-0.2, 0) is 16.1 Å². The van der Waals surface area contributed by atoms with Gasteiger partial charge in [0.1, 0.15) is 0 Å². The van der Waals surface area contributed by atoms with Crippen LogP contribution >= 0.6 is 0 Å². The summed E-state index contributed by atoms with van der Waals surface area (Å²) < 4.78 is 0. The minimum absolute atomic E-state index is 0.117. The van der Waals surface area contributed by atoms with Crippen molar-refractivity contribution in [2.24, 2.45) is 23.7 Å². The molecule has 2 aliphatic rings. The molecule has 106 valence electrons. The molecule has 2 saturated carbocycles. The van der Waals surface area contributed by atoms with Crippen molar-refractivity contribution in [3.8, 4) is 0 Å². The van der Waals surface area contributed by atoms with E-state index in [1.165, 1.54) is 0 Å². The van der Waals surface area contributed by atoms with Gasteiger partial charge in [0.2, 0.25) is 5.91 Å². The highest BCUT2D eigenvalue weighted by Gasteiger charge is 2.53. The van der Waals surface area contributed by atoms with Crippen molar-refractivity contribution in [1.82, 2.24) is 10.3 Å². The van der Waals surface area contributed by atoms with Crippen molar-refractivity contribution in [2.45, 2.75) is 25.8 Å². The Morgan fingerprint density at radius 1 is 1.30 bits per heavy atom. The fraction of sp³-hybridized carbons (Fsp3) is 0.533. The first-order valence-electron chi connectivity index (χ1n) is 7.06. The summed E-state index contributed by atoms with van der Waals surface area (Å²) in [4.78, 5) is 27.7. The maximum absolute atomic E-state index is 12.3. The Morgan fingerprint density at radius 2 is 2.05 bits per heavy atom. The molecule has 0 saturated heterocycles. The number of fused-ring (bicyclic) bond motifs is 2. The van der Waals surface area contributed by atoms with Crippen LogP contribution in [0.5, 0.6) is 0 Å². The van der Waals surface area contributed by atoms with Gasteiger partial charge in [0.25, 0.3) is 0 Å². The number of nitrogens with one attached hydrogen (secondary N) is 1. The summed E-state index contributed by atoms with van der Waals surface area (Å²) in [5.41, 5.74) is 0.927. The lowest BCUT2D eigenvalue weighted by Gasteiger charge is -2.27. The number of aromatic nitrogens is 1. The van der Waals surface area contributed by atoms with Gasteiger partial charge in [-0.1, -0.05) is 6.07 Å². The van der Waals surface area contributed by atoms with Crippen LogP contribution in [0.1, 0.15) is 24.8 Å². The summed E-state index contributed by atoms with van der Waals surface area (Å²) in [5, 5.41) is 12.2. The molecular formula is C15H18N2O3. The van der Waals surface area contributed by atoms with E-state index < -0.39 is 11.9 Å². The quantitative estimate of drug-likeness (QED) is 0.871. The van der Waals surface area contributed by atoms with Crippen LogP contribution in [0.4, 0.5) is 0 Å². The van der Waals surface area contributed by atoms with E-state index in [9.17, 15) is 14.7 Å². The Balaban J connectivity index is 1.66. The Morgan fingerprint density at radius 3 is 2.70 bits per heavy atom. The molecule has 1 aromatic rings. The number of carbonyl (C=O) groups excluding carboxylic acids is 1. The maximum atomic E-state index is 12.3. The fourth-order valence-corrected chi connectivity index (χ4v) is 3.83. The van der Waals surface area contributed by atoms with Crippen LogP contribution in [0.3, 0.4) is 0 Å². The Bertz CT molecular complexity index is 517. The van der Waals surface area contributed by atoms with Gasteiger partial charge in [-0.3, -0.25) is 14.6 Å². The van der Waals surface area contributed by atoms with Gasteiger partial charge in [-0.05, 0) is 42.7 Å². The summed E-state index contributed by atoms with van der Waals surface area (Å²) in [6, 6.07) is 3.71. The van der Waals surface area contributed by atoms with Crippen molar-refractivity contribution in [2.75, 3.05) is 0 Å². The molecule has 20 heavy (non-hydrogen) atoms. The molecule has 2 aliphatic carbocycles. The molecule has 3 rings (SSSR count). The average Bonchev–Trinajstić information content (AvgIpc) is 3.06. The first-order chi connectivity index (χ1) is 9.66. The summed E-state index contributed by atoms with van der Waals surface area (Å²) in [7, 11) is 0. The van der Waals surface area contributed by atoms with Gasteiger partial charge in [-0.25, -0.2) is 0 Å². The largest absolute Gasteiger partial charge is 0.481 e. The minimum Gasteiger partial charge on any atom is -0.481 e. The molecule has 0 unspecified atom stereocenters. The molecule has 1 amide bonds. The highest BCUT2D eigenvalue weighted by atomic mass is 16.4. The van der Waals surface area contributed by atoms with Crippen molar-refractivity contribution < 1.29 is 14.7 Å². The number of amides is 1. The van der Waals surface area contributed by atoms with Crippen LogP contribution in [0.25, 0.3) is 0 Å². The van der Waals surface area contributed by atoms with Gasteiger partial charge in [0.15, 0.2) is 0 Å². The third kappa shape index (κ3) is 2.28. The molecule has 5 heteroatoms. The van der Waals surface area contributed by atoms with Gasteiger partial charge >= 0.3 is 5.97 Å². The number of hydrogen-bond acceptors (Lipinski definition) is 3. The highest BCUT2D eigenvalue weighted by Crippen LogP contribution is 2.52. The molecule has 0 radical (unpaired) electrons. The SMILES string of the molecule is O=C(NCc1cccnc1)[C@@H]1[C@@H]2CC[C@@H](C2)[C@@H]1C(=O)O. The van der Waals surface area contributed by atoms with Crippen molar-refractivity contribution in [3.05, 3.63) is 30.1 Å². The first kappa shape index (κ1) is 13.1. The molecule has 2 bridgehead atoms. The molecule has 1 aromatic heterocycles. The number of rotatable bonds is 4. The van der Waals surface area contributed by atoms with E-state index in [1.807, 2.05) is 12.1 Å². The summed E-state index contributed by atoms with van der Waals surface area (Å²) in [6.45, 7) is 0.410. The monoisotopic (exact) mass is 274 g/mol. The van der Waals surface area contributed by atoms with Crippen LogP contribution in [0.2, 0.25) is 0 Å².